The van der Waals surface area contributed by atoms with Crippen molar-refractivity contribution in [3.05, 3.63) is 53.7 Å². The lowest BCUT2D eigenvalue weighted by atomic mass is 10.0. The van der Waals surface area contributed by atoms with Gasteiger partial charge in [0.05, 0.1) is 23.0 Å². The molecule has 0 saturated heterocycles. The summed E-state index contributed by atoms with van der Waals surface area (Å²) in [5.74, 6) is -2.65. The Morgan fingerprint density at radius 1 is 1.11 bits per heavy atom. The van der Waals surface area contributed by atoms with Gasteiger partial charge in [-0.15, -0.1) is 0 Å². The molecule has 10 heteroatoms. The van der Waals surface area contributed by atoms with E-state index in [4.69, 9.17) is 5.11 Å². The van der Waals surface area contributed by atoms with Crippen LogP contribution in [0.1, 0.15) is 15.9 Å². The van der Waals surface area contributed by atoms with Crippen molar-refractivity contribution in [1.82, 2.24) is 15.3 Å². The fourth-order valence-corrected chi connectivity index (χ4v) is 2.63. The predicted octanol–water partition coefficient (Wildman–Crippen LogP) is 2.84. The summed E-state index contributed by atoms with van der Waals surface area (Å²) in [6.45, 7) is -0.681. The van der Waals surface area contributed by atoms with Crippen molar-refractivity contribution in [2.45, 2.75) is 6.18 Å². The fourth-order valence-electron chi connectivity index (χ4n) is 2.63. The Kier molecular flexibility index (Phi) is 4.87. The summed E-state index contributed by atoms with van der Waals surface area (Å²) in [4.78, 5) is 30.9. The third-order valence-corrected chi connectivity index (χ3v) is 3.83. The van der Waals surface area contributed by atoms with E-state index in [1.165, 1.54) is 24.3 Å². The number of fused-ring (bicyclic) bond motifs is 1. The zero-order valence-corrected chi connectivity index (χ0v) is 14.0. The number of amides is 1. The van der Waals surface area contributed by atoms with Crippen LogP contribution in [0.5, 0.6) is 5.75 Å². The number of phenolic OH excluding ortho intramolecular Hbond substituents is 1. The molecule has 1 aromatic heterocycles. The molecule has 0 bridgehead atoms. The van der Waals surface area contributed by atoms with Gasteiger partial charge >= 0.3 is 12.1 Å². The van der Waals surface area contributed by atoms with Gasteiger partial charge in [-0.05, 0) is 18.2 Å². The first kappa shape index (κ1) is 19.1. The summed E-state index contributed by atoms with van der Waals surface area (Å²) < 4.78 is 39.7. The number of aliphatic carboxylic acids is 1. The van der Waals surface area contributed by atoms with Crippen LogP contribution in [0, 0.1) is 0 Å². The number of phenols is 1. The molecule has 0 spiro atoms. The maximum atomic E-state index is 13.2. The van der Waals surface area contributed by atoms with E-state index in [-0.39, 0.29) is 27.9 Å². The second-order valence-corrected chi connectivity index (χ2v) is 5.70. The van der Waals surface area contributed by atoms with Gasteiger partial charge < -0.3 is 15.5 Å². The van der Waals surface area contributed by atoms with E-state index in [0.717, 1.165) is 18.3 Å². The summed E-state index contributed by atoms with van der Waals surface area (Å²) >= 11 is 0. The molecule has 144 valence electrons. The Bertz CT molecular complexity index is 1080. The fraction of sp³-hybridized carbons (Fsp3) is 0.111. The normalized spacial score (nSPS) is 11.4. The number of nitrogens with one attached hydrogen (secondary N) is 1. The SMILES string of the molecule is O=C(O)CNC(=O)c1c(O)ccc2nc(-c3ccccc3C(F)(F)F)cnc12. The number of alkyl halides is 3. The molecule has 0 atom stereocenters. The first-order valence-corrected chi connectivity index (χ1v) is 7.84. The molecule has 0 fully saturated rings. The molecule has 2 aromatic carbocycles. The molecule has 3 rings (SSSR count). The lowest BCUT2D eigenvalue weighted by molar-refractivity contribution is -0.137. The van der Waals surface area contributed by atoms with Crippen LogP contribution >= 0.6 is 0 Å². The summed E-state index contributed by atoms with van der Waals surface area (Å²) in [6, 6.07) is 7.28. The van der Waals surface area contributed by atoms with E-state index in [1.54, 1.807) is 0 Å². The molecule has 1 heterocycles. The van der Waals surface area contributed by atoms with Crippen molar-refractivity contribution in [2.75, 3.05) is 6.54 Å². The molecular weight excluding hydrogens is 379 g/mol. The van der Waals surface area contributed by atoms with E-state index in [9.17, 15) is 27.9 Å². The highest BCUT2D eigenvalue weighted by Crippen LogP contribution is 2.36. The number of rotatable bonds is 4. The number of hydrogen-bond acceptors (Lipinski definition) is 5. The average molecular weight is 391 g/mol. The minimum atomic E-state index is -4.59. The third-order valence-electron chi connectivity index (χ3n) is 3.83. The lowest BCUT2D eigenvalue weighted by Crippen LogP contribution is -2.29. The average Bonchev–Trinajstić information content (AvgIpc) is 2.65. The van der Waals surface area contributed by atoms with E-state index >= 15 is 0 Å². The van der Waals surface area contributed by atoms with Crippen LogP contribution < -0.4 is 5.32 Å². The Morgan fingerprint density at radius 3 is 2.50 bits per heavy atom. The third kappa shape index (κ3) is 3.70. The van der Waals surface area contributed by atoms with Crippen molar-refractivity contribution in [3.8, 4) is 17.0 Å². The molecule has 7 nitrogen and oxygen atoms in total. The second kappa shape index (κ2) is 7.14. The maximum Gasteiger partial charge on any atom is 0.417 e. The summed E-state index contributed by atoms with van der Waals surface area (Å²) in [7, 11) is 0. The molecule has 0 radical (unpaired) electrons. The van der Waals surface area contributed by atoms with Crippen LogP contribution in [-0.2, 0) is 11.0 Å². The highest BCUT2D eigenvalue weighted by atomic mass is 19.4. The van der Waals surface area contributed by atoms with Crippen LogP contribution in [-0.4, -0.2) is 38.6 Å². The van der Waals surface area contributed by atoms with Crippen molar-refractivity contribution in [2.24, 2.45) is 0 Å². The predicted molar refractivity (Wildman–Crippen MR) is 91.6 cm³/mol. The van der Waals surface area contributed by atoms with Gasteiger partial charge in [-0.25, -0.2) is 4.98 Å². The largest absolute Gasteiger partial charge is 0.507 e. The topological polar surface area (TPSA) is 112 Å². The van der Waals surface area contributed by atoms with E-state index < -0.39 is 35.9 Å². The molecule has 28 heavy (non-hydrogen) atoms. The summed E-state index contributed by atoms with van der Waals surface area (Å²) in [6.07, 6.45) is -3.54. The lowest BCUT2D eigenvalue weighted by Gasteiger charge is -2.13. The van der Waals surface area contributed by atoms with Crippen molar-refractivity contribution >= 4 is 22.9 Å². The molecule has 0 aliphatic heterocycles. The smallest absolute Gasteiger partial charge is 0.417 e. The molecule has 3 aromatic rings. The number of aromatic hydroxyl groups is 1. The van der Waals surface area contributed by atoms with Crippen LogP contribution in [0.25, 0.3) is 22.3 Å². The van der Waals surface area contributed by atoms with Gasteiger partial charge in [0.25, 0.3) is 5.91 Å². The molecule has 0 unspecified atom stereocenters. The molecule has 0 aliphatic rings. The van der Waals surface area contributed by atoms with Crippen molar-refractivity contribution in [1.29, 1.82) is 0 Å². The number of hydrogen-bond donors (Lipinski definition) is 3. The van der Waals surface area contributed by atoms with Gasteiger partial charge in [0.15, 0.2) is 0 Å². The number of halogens is 3. The Balaban J connectivity index is 2.11. The second-order valence-electron chi connectivity index (χ2n) is 5.70. The monoisotopic (exact) mass is 391 g/mol. The minimum Gasteiger partial charge on any atom is -0.507 e. The Morgan fingerprint density at radius 2 is 1.82 bits per heavy atom. The van der Waals surface area contributed by atoms with Crippen LogP contribution in [0.15, 0.2) is 42.6 Å². The van der Waals surface area contributed by atoms with Gasteiger partial charge in [-0.2, -0.15) is 13.2 Å². The molecule has 3 N–H and O–H groups in total. The first-order chi connectivity index (χ1) is 13.2. The van der Waals surface area contributed by atoms with Crippen LogP contribution in [0.4, 0.5) is 13.2 Å². The van der Waals surface area contributed by atoms with Gasteiger partial charge in [0.2, 0.25) is 0 Å². The first-order valence-electron chi connectivity index (χ1n) is 7.84. The number of aromatic nitrogens is 2. The number of carbonyl (C=O) groups is 2. The molecule has 0 aliphatic carbocycles. The van der Waals surface area contributed by atoms with Gasteiger partial charge in [0.1, 0.15) is 23.4 Å². The molecule has 1 amide bonds. The standard InChI is InChI=1S/C18H12F3N3O4/c19-18(20,21)10-4-2-1-3-9(10)12-7-22-16-11(24-12)5-6-13(25)15(16)17(28)23-8-14(26)27/h1-7,25H,8H2,(H,23,28)(H,26,27). The zero-order chi connectivity index (χ0) is 20.5. The number of carboxylic acids is 1. The molecular formula is C18H12F3N3O4. The highest BCUT2D eigenvalue weighted by molar-refractivity contribution is 6.08. The number of nitrogens with zero attached hydrogens (tertiary/aromatic N) is 2. The summed E-state index contributed by atoms with van der Waals surface area (Å²) in [5.41, 5.74) is -1.47. The Hall–Kier alpha value is -3.69. The number of carbonyl (C=O) groups excluding carboxylic acids is 1. The van der Waals surface area contributed by atoms with Gasteiger partial charge in [-0.3, -0.25) is 14.6 Å². The van der Waals surface area contributed by atoms with E-state index in [2.05, 4.69) is 15.3 Å². The number of benzene rings is 2. The number of carboxylic acid groups (broad SMARTS) is 1. The zero-order valence-electron chi connectivity index (χ0n) is 14.0. The minimum absolute atomic E-state index is 0.0627. The Labute approximate surface area is 155 Å². The summed E-state index contributed by atoms with van der Waals surface area (Å²) in [5, 5.41) is 20.7. The van der Waals surface area contributed by atoms with Crippen molar-refractivity contribution in [3.63, 3.8) is 0 Å². The van der Waals surface area contributed by atoms with Crippen LogP contribution in [0.3, 0.4) is 0 Å². The van der Waals surface area contributed by atoms with Crippen molar-refractivity contribution < 1.29 is 33.0 Å². The van der Waals surface area contributed by atoms with E-state index in [0.29, 0.717) is 0 Å². The maximum absolute atomic E-state index is 13.2. The molecule has 0 saturated carbocycles. The van der Waals surface area contributed by atoms with Crippen LogP contribution in [0.2, 0.25) is 0 Å². The van der Waals surface area contributed by atoms with E-state index in [1.807, 2.05) is 0 Å². The quantitative estimate of drug-likeness (QED) is 0.631. The van der Waals surface area contributed by atoms with Gasteiger partial charge in [0, 0.05) is 5.56 Å². The highest BCUT2D eigenvalue weighted by Gasteiger charge is 2.33. The van der Waals surface area contributed by atoms with Gasteiger partial charge in [-0.1, -0.05) is 18.2 Å².